The summed E-state index contributed by atoms with van der Waals surface area (Å²) in [6, 6.07) is 8.46. The maximum atomic E-state index is 3.50. The summed E-state index contributed by atoms with van der Waals surface area (Å²) in [4.78, 5) is 0. The van der Waals surface area contributed by atoms with Gasteiger partial charge in [-0.3, -0.25) is 0 Å². The van der Waals surface area contributed by atoms with E-state index in [4.69, 9.17) is 0 Å². The molecule has 0 unspecified atom stereocenters. The molecule has 1 aromatic rings. The van der Waals surface area contributed by atoms with E-state index in [9.17, 15) is 0 Å². The molecule has 50 valence electrons. The third-order valence-corrected chi connectivity index (χ3v) is 2.53. The largest absolute Gasteiger partial charge is 0.0652 e. The van der Waals surface area contributed by atoms with Crippen molar-refractivity contribution in [2.75, 3.05) is 0 Å². The van der Waals surface area contributed by atoms with Crippen LogP contribution in [0.1, 0.15) is 11.1 Å². The number of hydrogen-bond donors (Lipinski definition) is 0. The molecule has 2 rings (SSSR count). The topological polar surface area (TPSA) is 0 Å². The first-order chi connectivity index (χ1) is 4.88. The molecule has 1 aliphatic carbocycles. The van der Waals surface area contributed by atoms with E-state index < -0.39 is 0 Å². The third-order valence-electron chi connectivity index (χ3n) is 1.78. The number of rotatable bonds is 0. The van der Waals surface area contributed by atoms with Crippen LogP contribution in [0, 0.1) is 0 Å². The van der Waals surface area contributed by atoms with Crippen LogP contribution in [0.5, 0.6) is 0 Å². The van der Waals surface area contributed by atoms with E-state index >= 15 is 0 Å². The Hall–Kier alpha value is -0.560. The van der Waals surface area contributed by atoms with Gasteiger partial charge in [0, 0.05) is 4.48 Å². The maximum Gasteiger partial charge on any atom is 0.0214 e. The molecule has 0 nitrogen and oxygen atoms in total. The van der Waals surface area contributed by atoms with Gasteiger partial charge >= 0.3 is 0 Å². The second kappa shape index (κ2) is 2.24. The average molecular weight is 195 g/mol. The van der Waals surface area contributed by atoms with Crippen LogP contribution in [0.15, 0.2) is 30.3 Å². The lowest BCUT2D eigenvalue weighted by Crippen LogP contribution is -1.78. The molecule has 0 saturated carbocycles. The molecule has 0 atom stereocenters. The lowest BCUT2D eigenvalue weighted by molar-refractivity contribution is 1.31. The number of allylic oxidation sites excluding steroid dienone is 1. The van der Waals surface area contributed by atoms with Crippen molar-refractivity contribution in [3.8, 4) is 0 Å². The number of hydrogen-bond acceptors (Lipinski definition) is 0. The Labute approximate surface area is 68.7 Å². The van der Waals surface area contributed by atoms with Crippen molar-refractivity contribution in [3.63, 3.8) is 0 Å². The van der Waals surface area contributed by atoms with Crippen LogP contribution >= 0.6 is 15.9 Å². The molecule has 0 bridgehead atoms. The van der Waals surface area contributed by atoms with Gasteiger partial charge in [0.1, 0.15) is 0 Å². The van der Waals surface area contributed by atoms with Crippen LogP contribution < -0.4 is 0 Å². The molecule has 1 aliphatic rings. The molecule has 0 fully saturated rings. The van der Waals surface area contributed by atoms with E-state index in [0.717, 1.165) is 6.42 Å². The Morgan fingerprint density at radius 1 is 1.20 bits per heavy atom. The van der Waals surface area contributed by atoms with Gasteiger partial charge in [0.15, 0.2) is 0 Å². The van der Waals surface area contributed by atoms with E-state index in [0.29, 0.717) is 0 Å². The normalized spacial score (nSPS) is 14.7. The summed E-state index contributed by atoms with van der Waals surface area (Å²) in [5, 5.41) is 0. The molecule has 0 N–H and O–H groups in total. The monoisotopic (exact) mass is 194 g/mol. The van der Waals surface area contributed by atoms with Gasteiger partial charge in [-0.25, -0.2) is 0 Å². The maximum absolute atomic E-state index is 3.50. The quantitative estimate of drug-likeness (QED) is 0.596. The van der Waals surface area contributed by atoms with Crippen molar-refractivity contribution in [1.29, 1.82) is 0 Å². The molecule has 0 aliphatic heterocycles. The van der Waals surface area contributed by atoms with Crippen LogP contribution in [0.4, 0.5) is 0 Å². The molecule has 0 heterocycles. The van der Waals surface area contributed by atoms with E-state index in [1.807, 2.05) is 0 Å². The Balaban J connectivity index is 2.61. The first-order valence-electron chi connectivity index (χ1n) is 3.32. The van der Waals surface area contributed by atoms with Crippen molar-refractivity contribution < 1.29 is 0 Å². The summed E-state index contributed by atoms with van der Waals surface area (Å²) >= 11 is 3.50. The molecule has 1 aromatic carbocycles. The molecular weight excluding hydrogens is 188 g/mol. The summed E-state index contributed by atoms with van der Waals surface area (Å²) in [6.07, 6.45) is 3.28. The summed E-state index contributed by atoms with van der Waals surface area (Å²) in [6.45, 7) is 0. The molecule has 0 spiro atoms. The minimum Gasteiger partial charge on any atom is -0.0652 e. The highest BCUT2D eigenvalue weighted by Crippen LogP contribution is 2.30. The molecule has 10 heavy (non-hydrogen) atoms. The van der Waals surface area contributed by atoms with Crippen molar-refractivity contribution in [3.05, 3.63) is 41.5 Å². The van der Waals surface area contributed by atoms with Gasteiger partial charge in [-0.05, 0) is 17.5 Å². The van der Waals surface area contributed by atoms with Gasteiger partial charge in [-0.1, -0.05) is 46.3 Å². The zero-order chi connectivity index (χ0) is 6.97. The standard InChI is InChI=1S/C9H7Br/c10-9-6-5-7-3-1-2-4-8(7)9/h1-4,6H,5H2. The summed E-state index contributed by atoms with van der Waals surface area (Å²) in [5.74, 6) is 0. The van der Waals surface area contributed by atoms with Gasteiger partial charge in [-0.2, -0.15) is 0 Å². The molecule has 0 saturated heterocycles. The zero-order valence-electron chi connectivity index (χ0n) is 5.47. The highest BCUT2D eigenvalue weighted by molar-refractivity contribution is 9.15. The van der Waals surface area contributed by atoms with Gasteiger partial charge < -0.3 is 0 Å². The van der Waals surface area contributed by atoms with Gasteiger partial charge in [-0.15, -0.1) is 0 Å². The molecule has 0 aromatic heterocycles. The first kappa shape index (κ1) is 6.17. The fourth-order valence-corrected chi connectivity index (χ4v) is 1.79. The van der Waals surface area contributed by atoms with E-state index in [-0.39, 0.29) is 0 Å². The van der Waals surface area contributed by atoms with Gasteiger partial charge in [0.25, 0.3) is 0 Å². The zero-order valence-corrected chi connectivity index (χ0v) is 7.06. The third kappa shape index (κ3) is 0.816. The lowest BCUT2D eigenvalue weighted by Gasteiger charge is -1.96. The molecule has 0 amide bonds. The number of fused-ring (bicyclic) bond motifs is 1. The second-order valence-corrected chi connectivity index (χ2v) is 3.27. The van der Waals surface area contributed by atoms with Crippen molar-refractivity contribution in [2.45, 2.75) is 6.42 Å². The lowest BCUT2D eigenvalue weighted by atomic mass is 10.1. The van der Waals surface area contributed by atoms with E-state index in [1.165, 1.54) is 15.6 Å². The fraction of sp³-hybridized carbons (Fsp3) is 0.111. The summed E-state index contributed by atoms with van der Waals surface area (Å²) in [5.41, 5.74) is 2.77. The second-order valence-electron chi connectivity index (χ2n) is 2.41. The van der Waals surface area contributed by atoms with Crippen LogP contribution in [0.3, 0.4) is 0 Å². The molecular formula is C9H7Br. The van der Waals surface area contributed by atoms with Crippen molar-refractivity contribution >= 4 is 20.4 Å². The number of halogens is 1. The van der Waals surface area contributed by atoms with Crippen molar-refractivity contribution in [2.24, 2.45) is 0 Å². The fourth-order valence-electron chi connectivity index (χ4n) is 1.24. The predicted octanol–water partition coefficient (Wildman–Crippen LogP) is 2.98. The average Bonchev–Trinajstić information content (AvgIpc) is 2.34. The Morgan fingerprint density at radius 3 is 2.80 bits per heavy atom. The smallest absolute Gasteiger partial charge is 0.0214 e. The highest BCUT2D eigenvalue weighted by Gasteiger charge is 2.08. The summed E-state index contributed by atoms with van der Waals surface area (Å²) < 4.78 is 1.24. The van der Waals surface area contributed by atoms with E-state index in [1.54, 1.807) is 0 Å². The Morgan fingerprint density at radius 2 is 2.00 bits per heavy atom. The van der Waals surface area contributed by atoms with Crippen molar-refractivity contribution in [1.82, 2.24) is 0 Å². The molecule has 1 heteroatoms. The van der Waals surface area contributed by atoms with Crippen LogP contribution in [-0.4, -0.2) is 0 Å². The predicted molar refractivity (Wildman–Crippen MR) is 47.1 cm³/mol. The molecule has 0 radical (unpaired) electrons. The minimum atomic E-state index is 1.08. The SMILES string of the molecule is BrC1=CCc2ccccc21. The van der Waals surface area contributed by atoms with Crippen LogP contribution in [0.25, 0.3) is 4.48 Å². The first-order valence-corrected chi connectivity index (χ1v) is 4.11. The van der Waals surface area contributed by atoms with Gasteiger partial charge in [0.05, 0.1) is 0 Å². The van der Waals surface area contributed by atoms with Crippen LogP contribution in [0.2, 0.25) is 0 Å². The van der Waals surface area contributed by atoms with Gasteiger partial charge in [0.2, 0.25) is 0 Å². The van der Waals surface area contributed by atoms with Crippen LogP contribution in [-0.2, 0) is 6.42 Å². The number of benzene rings is 1. The Bertz CT molecular complexity index is 287. The minimum absolute atomic E-state index is 1.08. The summed E-state index contributed by atoms with van der Waals surface area (Å²) in [7, 11) is 0. The highest BCUT2D eigenvalue weighted by atomic mass is 79.9. The Kier molecular flexibility index (Phi) is 1.38. The van der Waals surface area contributed by atoms with E-state index in [2.05, 4.69) is 46.3 Å².